The first kappa shape index (κ1) is 8.69. The van der Waals surface area contributed by atoms with E-state index < -0.39 is 0 Å². The molecule has 0 aromatic heterocycles. The van der Waals surface area contributed by atoms with Gasteiger partial charge in [0.05, 0.1) is 25.9 Å². The Kier molecular flexibility index (Phi) is 2.31. The highest BCUT2D eigenvalue weighted by atomic mass is 16.5. The maximum atomic E-state index is 8.93. The van der Waals surface area contributed by atoms with Crippen LogP contribution in [0.2, 0.25) is 0 Å². The number of rotatable bonds is 1. The minimum atomic E-state index is -0.0171. The van der Waals surface area contributed by atoms with E-state index in [1.807, 2.05) is 18.2 Å². The third-order valence-corrected chi connectivity index (χ3v) is 2.34. The van der Waals surface area contributed by atoms with Crippen LogP contribution in [0.1, 0.15) is 22.7 Å². The van der Waals surface area contributed by atoms with E-state index in [-0.39, 0.29) is 12.6 Å². The molecule has 13 heavy (non-hydrogen) atoms. The number of ether oxygens (including phenoxy) is 1. The fourth-order valence-electron chi connectivity index (χ4n) is 1.63. The maximum absolute atomic E-state index is 8.93. The summed E-state index contributed by atoms with van der Waals surface area (Å²) in [6.45, 7) is 1.27. The van der Waals surface area contributed by atoms with Crippen molar-refractivity contribution in [3.8, 4) is 0 Å². The molecule has 0 spiro atoms. The Morgan fingerprint density at radius 2 is 2.38 bits per heavy atom. The number of benzene rings is 1. The lowest BCUT2D eigenvalue weighted by atomic mass is 9.97. The van der Waals surface area contributed by atoms with Crippen LogP contribution in [-0.2, 0) is 18.0 Å². The van der Waals surface area contributed by atoms with Crippen molar-refractivity contribution in [2.24, 2.45) is 5.73 Å². The van der Waals surface area contributed by atoms with Gasteiger partial charge in [0.2, 0.25) is 0 Å². The van der Waals surface area contributed by atoms with Crippen LogP contribution in [0, 0.1) is 0 Å². The van der Waals surface area contributed by atoms with Gasteiger partial charge in [-0.25, -0.2) is 0 Å². The summed E-state index contributed by atoms with van der Waals surface area (Å²) >= 11 is 0. The summed E-state index contributed by atoms with van der Waals surface area (Å²) < 4.78 is 5.30. The van der Waals surface area contributed by atoms with Crippen LogP contribution in [0.4, 0.5) is 0 Å². The molecule has 0 saturated heterocycles. The molecule has 1 unspecified atom stereocenters. The third-order valence-electron chi connectivity index (χ3n) is 2.34. The molecule has 1 atom stereocenters. The molecule has 0 amide bonds. The first-order chi connectivity index (χ1) is 6.31. The van der Waals surface area contributed by atoms with Crippen LogP contribution in [-0.4, -0.2) is 11.7 Å². The molecule has 1 aromatic rings. The maximum Gasteiger partial charge on any atom is 0.0721 e. The van der Waals surface area contributed by atoms with E-state index in [2.05, 4.69) is 0 Å². The number of aliphatic hydroxyl groups is 1. The van der Waals surface area contributed by atoms with Gasteiger partial charge in [-0.1, -0.05) is 18.2 Å². The quantitative estimate of drug-likeness (QED) is 0.667. The molecule has 0 saturated carbocycles. The Labute approximate surface area is 77.1 Å². The molecule has 3 N–H and O–H groups in total. The molecule has 1 aromatic carbocycles. The molecule has 1 aliphatic rings. The van der Waals surface area contributed by atoms with E-state index in [0.29, 0.717) is 13.2 Å². The number of nitrogens with two attached hydrogens (primary N) is 1. The lowest BCUT2D eigenvalue weighted by Gasteiger charge is -2.22. The van der Waals surface area contributed by atoms with Gasteiger partial charge in [0, 0.05) is 0 Å². The zero-order chi connectivity index (χ0) is 9.26. The first-order valence-electron chi connectivity index (χ1n) is 4.37. The molecule has 1 aliphatic heterocycles. The molecule has 70 valence electrons. The lowest BCUT2D eigenvalue weighted by molar-refractivity contribution is 0.0922. The van der Waals surface area contributed by atoms with E-state index >= 15 is 0 Å². The molecule has 1 heterocycles. The highest BCUT2D eigenvalue weighted by Crippen LogP contribution is 2.23. The number of aliphatic hydroxyl groups excluding tert-OH is 1. The van der Waals surface area contributed by atoms with Gasteiger partial charge in [0.25, 0.3) is 0 Å². The van der Waals surface area contributed by atoms with Gasteiger partial charge in [-0.05, 0) is 16.7 Å². The Bertz CT molecular complexity index is 312. The summed E-state index contributed by atoms with van der Waals surface area (Å²) in [7, 11) is 0. The molecule has 0 bridgehead atoms. The minimum absolute atomic E-state index is 0.0171. The van der Waals surface area contributed by atoms with E-state index in [9.17, 15) is 0 Å². The normalized spacial score (nSPS) is 21.2. The fraction of sp³-hybridized carbons (Fsp3) is 0.400. The van der Waals surface area contributed by atoms with E-state index in [1.165, 1.54) is 0 Å². The molecule has 3 heteroatoms. The Balaban J connectivity index is 2.39. The van der Waals surface area contributed by atoms with Gasteiger partial charge in [0.1, 0.15) is 0 Å². The standard InChI is InChI=1S/C10H13NO2/c11-10-6-13-5-8-3-7(4-12)1-2-9(8)10/h1-3,10,12H,4-6,11H2. The van der Waals surface area contributed by atoms with Crippen molar-refractivity contribution in [2.45, 2.75) is 19.3 Å². The second-order valence-corrected chi connectivity index (χ2v) is 3.31. The zero-order valence-corrected chi connectivity index (χ0v) is 7.36. The van der Waals surface area contributed by atoms with Crippen LogP contribution < -0.4 is 5.73 Å². The molecule has 0 fully saturated rings. The SMILES string of the molecule is NC1COCc2cc(CO)ccc21. The Morgan fingerprint density at radius 1 is 1.54 bits per heavy atom. The van der Waals surface area contributed by atoms with Crippen molar-refractivity contribution in [2.75, 3.05) is 6.61 Å². The molecular formula is C10H13NO2. The van der Waals surface area contributed by atoms with Crippen molar-refractivity contribution in [3.05, 3.63) is 34.9 Å². The topological polar surface area (TPSA) is 55.5 Å². The van der Waals surface area contributed by atoms with Crippen LogP contribution >= 0.6 is 0 Å². The van der Waals surface area contributed by atoms with Crippen LogP contribution in [0.3, 0.4) is 0 Å². The largest absolute Gasteiger partial charge is 0.392 e. The van der Waals surface area contributed by atoms with Crippen molar-refractivity contribution in [3.63, 3.8) is 0 Å². The van der Waals surface area contributed by atoms with Crippen molar-refractivity contribution >= 4 is 0 Å². The number of fused-ring (bicyclic) bond motifs is 1. The number of hydrogen-bond acceptors (Lipinski definition) is 3. The summed E-state index contributed by atoms with van der Waals surface area (Å²) in [6, 6.07) is 5.82. The van der Waals surface area contributed by atoms with E-state index in [4.69, 9.17) is 15.6 Å². The van der Waals surface area contributed by atoms with Crippen LogP contribution in [0.15, 0.2) is 18.2 Å². The smallest absolute Gasteiger partial charge is 0.0721 e. The second kappa shape index (κ2) is 3.46. The average Bonchev–Trinajstić information content (AvgIpc) is 2.18. The van der Waals surface area contributed by atoms with Gasteiger partial charge >= 0.3 is 0 Å². The highest BCUT2D eigenvalue weighted by Gasteiger charge is 2.16. The minimum Gasteiger partial charge on any atom is -0.392 e. The Morgan fingerprint density at radius 3 is 3.15 bits per heavy atom. The second-order valence-electron chi connectivity index (χ2n) is 3.31. The summed E-state index contributed by atoms with van der Waals surface area (Å²) in [4.78, 5) is 0. The van der Waals surface area contributed by atoms with E-state index in [1.54, 1.807) is 0 Å². The molecule has 0 aliphatic carbocycles. The third kappa shape index (κ3) is 1.58. The fourth-order valence-corrected chi connectivity index (χ4v) is 1.63. The number of hydrogen-bond donors (Lipinski definition) is 2. The van der Waals surface area contributed by atoms with Crippen molar-refractivity contribution in [1.29, 1.82) is 0 Å². The van der Waals surface area contributed by atoms with Gasteiger partial charge in [-0.3, -0.25) is 0 Å². The summed E-state index contributed by atoms with van der Waals surface area (Å²) in [5, 5.41) is 8.93. The van der Waals surface area contributed by atoms with Gasteiger partial charge < -0.3 is 15.6 Å². The van der Waals surface area contributed by atoms with Gasteiger partial charge in [-0.2, -0.15) is 0 Å². The molecular weight excluding hydrogens is 166 g/mol. The summed E-state index contributed by atoms with van der Waals surface area (Å²) in [5.41, 5.74) is 9.01. The van der Waals surface area contributed by atoms with Gasteiger partial charge in [-0.15, -0.1) is 0 Å². The molecule has 2 rings (SSSR count). The first-order valence-corrected chi connectivity index (χ1v) is 4.37. The lowest BCUT2D eigenvalue weighted by Crippen LogP contribution is -2.23. The predicted molar refractivity (Wildman–Crippen MR) is 48.9 cm³/mol. The average molecular weight is 179 g/mol. The zero-order valence-electron chi connectivity index (χ0n) is 7.36. The molecule has 3 nitrogen and oxygen atoms in total. The van der Waals surface area contributed by atoms with Crippen LogP contribution in [0.25, 0.3) is 0 Å². The van der Waals surface area contributed by atoms with Gasteiger partial charge in [0.15, 0.2) is 0 Å². The highest BCUT2D eigenvalue weighted by molar-refractivity contribution is 5.34. The predicted octanol–water partition coefficient (Wildman–Crippen LogP) is 0.709. The summed E-state index contributed by atoms with van der Waals surface area (Å²) in [6.07, 6.45) is 0. The molecule has 0 radical (unpaired) electrons. The summed E-state index contributed by atoms with van der Waals surface area (Å²) in [5.74, 6) is 0. The van der Waals surface area contributed by atoms with E-state index in [0.717, 1.165) is 16.7 Å². The van der Waals surface area contributed by atoms with Crippen molar-refractivity contribution < 1.29 is 9.84 Å². The van der Waals surface area contributed by atoms with Crippen LogP contribution in [0.5, 0.6) is 0 Å². The monoisotopic (exact) mass is 179 g/mol. The Hall–Kier alpha value is -0.900. The van der Waals surface area contributed by atoms with Crippen molar-refractivity contribution in [1.82, 2.24) is 0 Å².